The van der Waals surface area contributed by atoms with Gasteiger partial charge in [-0.1, -0.05) is 6.07 Å². The number of nitriles is 1. The minimum Gasteiger partial charge on any atom is -0.380 e. The third-order valence-corrected chi connectivity index (χ3v) is 2.65. The standard InChI is InChI=1S/C13H17N3O2/c1-9-3-4-10(7-14)5-12(9)16-13(17)6-11(8-15)18-2/h3-5,11H,6,8,15H2,1-2H3,(H,16,17). The molecule has 0 aromatic heterocycles. The number of aryl methyl sites for hydroxylation is 1. The van der Waals surface area contributed by atoms with Crippen molar-refractivity contribution in [2.24, 2.45) is 5.73 Å². The molecule has 0 radical (unpaired) electrons. The molecule has 18 heavy (non-hydrogen) atoms. The lowest BCUT2D eigenvalue weighted by molar-refractivity contribution is -0.118. The second-order valence-electron chi connectivity index (χ2n) is 3.99. The number of methoxy groups -OCH3 is 1. The highest BCUT2D eigenvalue weighted by atomic mass is 16.5. The van der Waals surface area contributed by atoms with Crippen LogP contribution in [0.5, 0.6) is 0 Å². The zero-order valence-electron chi connectivity index (χ0n) is 10.6. The smallest absolute Gasteiger partial charge is 0.227 e. The molecule has 96 valence electrons. The second kappa shape index (κ2) is 6.74. The van der Waals surface area contributed by atoms with Crippen LogP contribution in [0.15, 0.2) is 18.2 Å². The van der Waals surface area contributed by atoms with E-state index >= 15 is 0 Å². The van der Waals surface area contributed by atoms with E-state index in [1.54, 1.807) is 18.2 Å². The summed E-state index contributed by atoms with van der Waals surface area (Å²) in [5.74, 6) is -0.175. The van der Waals surface area contributed by atoms with Crippen LogP contribution in [0.3, 0.4) is 0 Å². The molecule has 0 aliphatic carbocycles. The Bertz CT molecular complexity index is 462. The fraction of sp³-hybridized carbons (Fsp3) is 0.385. The van der Waals surface area contributed by atoms with Crippen molar-refractivity contribution in [2.75, 3.05) is 19.0 Å². The number of hydrogen-bond acceptors (Lipinski definition) is 4. The number of carbonyl (C=O) groups excluding carboxylic acids is 1. The Morgan fingerprint density at radius 2 is 2.33 bits per heavy atom. The van der Waals surface area contributed by atoms with Gasteiger partial charge in [0.2, 0.25) is 5.91 Å². The topological polar surface area (TPSA) is 88.1 Å². The van der Waals surface area contributed by atoms with Gasteiger partial charge in [-0.05, 0) is 24.6 Å². The van der Waals surface area contributed by atoms with Crippen LogP contribution in [0, 0.1) is 18.3 Å². The number of benzene rings is 1. The number of hydrogen-bond donors (Lipinski definition) is 2. The highest BCUT2D eigenvalue weighted by Crippen LogP contribution is 2.16. The Balaban J connectivity index is 2.73. The van der Waals surface area contributed by atoms with Gasteiger partial charge in [-0.25, -0.2) is 0 Å². The van der Waals surface area contributed by atoms with Crippen LogP contribution in [0.1, 0.15) is 17.5 Å². The van der Waals surface area contributed by atoms with Gasteiger partial charge in [-0.3, -0.25) is 4.79 Å². The monoisotopic (exact) mass is 247 g/mol. The van der Waals surface area contributed by atoms with E-state index in [4.69, 9.17) is 15.7 Å². The zero-order valence-corrected chi connectivity index (χ0v) is 10.6. The van der Waals surface area contributed by atoms with Crippen LogP contribution in [0.4, 0.5) is 5.69 Å². The molecular formula is C13H17N3O2. The predicted molar refractivity (Wildman–Crippen MR) is 69.0 cm³/mol. The van der Waals surface area contributed by atoms with Crippen LogP contribution < -0.4 is 11.1 Å². The summed E-state index contributed by atoms with van der Waals surface area (Å²) in [6.45, 7) is 2.16. The number of amides is 1. The number of anilines is 1. The minimum atomic E-state index is -0.288. The molecule has 0 aliphatic rings. The Labute approximate surface area is 107 Å². The SMILES string of the molecule is COC(CN)CC(=O)Nc1cc(C#N)ccc1C. The summed E-state index contributed by atoms with van der Waals surface area (Å²) in [5.41, 5.74) is 7.52. The van der Waals surface area contributed by atoms with Crippen molar-refractivity contribution in [3.8, 4) is 6.07 Å². The summed E-state index contributed by atoms with van der Waals surface area (Å²) in [6, 6.07) is 7.19. The van der Waals surface area contributed by atoms with Gasteiger partial charge in [0.1, 0.15) is 0 Å². The van der Waals surface area contributed by atoms with E-state index in [1.807, 2.05) is 13.0 Å². The summed E-state index contributed by atoms with van der Waals surface area (Å²) in [4.78, 5) is 11.8. The molecule has 5 nitrogen and oxygen atoms in total. The Morgan fingerprint density at radius 3 is 2.89 bits per heavy atom. The average Bonchev–Trinajstić information content (AvgIpc) is 2.38. The maximum Gasteiger partial charge on any atom is 0.227 e. The van der Waals surface area contributed by atoms with E-state index in [1.165, 1.54) is 7.11 Å². The van der Waals surface area contributed by atoms with Crippen LogP contribution in [0.2, 0.25) is 0 Å². The molecule has 1 rings (SSSR count). The van der Waals surface area contributed by atoms with Crippen molar-refractivity contribution < 1.29 is 9.53 Å². The van der Waals surface area contributed by atoms with Crippen LogP contribution >= 0.6 is 0 Å². The molecule has 0 bridgehead atoms. The molecule has 1 aromatic rings. The zero-order chi connectivity index (χ0) is 13.5. The summed E-state index contributed by atoms with van der Waals surface area (Å²) >= 11 is 0. The molecule has 1 aromatic carbocycles. The van der Waals surface area contributed by atoms with Crippen molar-refractivity contribution in [1.82, 2.24) is 0 Å². The van der Waals surface area contributed by atoms with E-state index in [0.29, 0.717) is 17.8 Å². The fourth-order valence-corrected chi connectivity index (χ4v) is 1.50. The second-order valence-corrected chi connectivity index (χ2v) is 3.99. The maximum absolute atomic E-state index is 11.8. The summed E-state index contributed by atoms with van der Waals surface area (Å²) < 4.78 is 5.04. The first kappa shape index (κ1) is 14.2. The van der Waals surface area contributed by atoms with E-state index in [0.717, 1.165) is 5.56 Å². The quantitative estimate of drug-likeness (QED) is 0.817. The molecule has 0 heterocycles. The van der Waals surface area contributed by atoms with Crippen LogP contribution in [-0.4, -0.2) is 25.7 Å². The molecule has 3 N–H and O–H groups in total. The molecule has 0 saturated carbocycles. The first-order valence-corrected chi connectivity index (χ1v) is 5.64. The first-order valence-electron chi connectivity index (χ1n) is 5.64. The highest BCUT2D eigenvalue weighted by molar-refractivity contribution is 5.92. The summed E-state index contributed by atoms with van der Waals surface area (Å²) in [7, 11) is 1.52. The van der Waals surface area contributed by atoms with Gasteiger partial charge in [-0.15, -0.1) is 0 Å². The van der Waals surface area contributed by atoms with Crippen molar-refractivity contribution in [2.45, 2.75) is 19.4 Å². The summed E-state index contributed by atoms with van der Waals surface area (Å²) in [6.07, 6.45) is -0.0899. The van der Waals surface area contributed by atoms with Gasteiger partial charge in [0.25, 0.3) is 0 Å². The molecule has 1 unspecified atom stereocenters. The van der Waals surface area contributed by atoms with Crippen LogP contribution in [-0.2, 0) is 9.53 Å². The van der Waals surface area contributed by atoms with Gasteiger partial charge in [-0.2, -0.15) is 5.26 Å². The number of ether oxygens (including phenoxy) is 1. The number of nitrogens with two attached hydrogens (primary N) is 1. The van der Waals surface area contributed by atoms with Crippen LogP contribution in [0.25, 0.3) is 0 Å². The highest BCUT2D eigenvalue weighted by Gasteiger charge is 2.12. The normalized spacial score (nSPS) is 11.7. The average molecular weight is 247 g/mol. The van der Waals surface area contributed by atoms with Crippen molar-refractivity contribution in [1.29, 1.82) is 5.26 Å². The maximum atomic E-state index is 11.8. The van der Waals surface area contributed by atoms with Gasteiger partial charge in [0, 0.05) is 19.3 Å². The predicted octanol–water partition coefficient (Wildman–Crippen LogP) is 1.17. The molecular weight excluding hydrogens is 230 g/mol. The molecule has 5 heteroatoms. The van der Waals surface area contributed by atoms with Crippen molar-refractivity contribution >= 4 is 11.6 Å². The number of nitrogens with one attached hydrogen (secondary N) is 1. The van der Waals surface area contributed by atoms with Gasteiger partial charge in [0.05, 0.1) is 24.2 Å². The minimum absolute atomic E-state index is 0.175. The molecule has 1 atom stereocenters. The van der Waals surface area contributed by atoms with Crippen molar-refractivity contribution in [3.63, 3.8) is 0 Å². The van der Waals surface area contributed by atoms with E-state index < -0.39 is 0 Å². The van der Waals surface area contributed by atoms with E-state index in [2.05, 4.69) is 5.32 Å². The largest absolute Gasteiger partial charge is 0.380 e. The number of carbonyl (C=O) groups is 1. The first-order chi connectivity index (χ1) is 8.60. The van der Waals surface area contributed by atoms with Crippen molar-refractivity contribution in [3.05, 3.63) is 29.3 Å². The molecule has 1 amide bonds. The Kier molecular flexibility index (Phi) is 5.31. The number of nitrogens with zero attached hydrogens (tertiary/aromatic N) is 1. The lowest BCUT2D eigenvalue weighted by Gasteiger charge is -2.13. The van der Waals surface area contributed by atoms with Gasteiger partial charge in [0.15, 0.2) is 0 Å². The van der Waals surface area contributed by atoms with E-state index in [-0.39, 0.29) is 18.4 Å². The third kappa shape index (κ3) is 3.84. The number of rotatable bonds is 5. The molecule has 0 spiro atoms. The van der Waals surface area contributed by atoms with Gasteiger partial charge < -0.3 is 15.8 Å². The molecule has 0 saturated heterocycles. The Hall–Kier alpha value is -1.90. The molecule has 0 fully saturated rings. The third-order valence-electron chi connectivity index (χ3n) is 2.65. The Morgan fingerprint density at radius 1 is 1.61 bits per heavy atom. The van der Waals surface area contributed by atoms with E-state index in [9.17, 15) is 4.79 Å². The fourth-order valence-electron chi connectivity index (χ4n) is 1.50. The summed E-state index contributed by atoms with van der Waals surface area (Å²) in [5, 5.41) is 11.6. The van der Waals surface area contributed by atoms with Gasteiger partial charge >= 0.3 is 0 Å². The molecule has 0 aliphatic heterocycles. The lowest BCUT2D eigenvalue weighted by atomic mass is 10.1. The lowest BCUT2D eigenvalue weighted by Crippen LogP contribution is -2.28.